The number of alkyl halides is 3. The summed E-state index contributed by atoms with van der Waals surface area (Å²) >= 11 is 11.3. The van der Waals surface area contributed by atoms with Gasteiger partial charge in [-0.3, -0.25) is 10.1 Å². The molecule has 0 amide bonds. The van der Waals surface area contributed by atoms with Crippen molar-refractivity contribution in [2.45, 2.75) is 6.18 Å². The zero-order chi connectivity index (χ0) is 15.1. The molecule has 10 heteroatoms. The van der Waals surface area contributed by atoms with Crippen LogP contribution in [0.3, 0.4) is 0 Å². The topological polar surface area (TPSA) is 61.0 Å². The van der Waals surface area contributed by atoms with Crippen LogP contribution in [-0.2, 0) is 6.18 Å². The number of hydrogen-bond acceptors (Lipinski definition) is 3. The van der Waals surface area contributed by atoms with E-state index in [4.69, 9.17) is 23.2 Å². The summed E-state index contributed by atoms with van der Waals surface area (Å²) in [6, 6.07) is 2.55. The Morgan fingerprint density at radius 3 is 2.40 bits per heavy atom. The maximum Gasteiger partial charge on any atom is 0.416 e. The van der Waals surface area contributed by atoms with E-state index in [2.05, 4.69) is 5.10 Å². The number of halogens is 5. The molecule has 1 heterocycles. The summed E-state index contributed by atoms with van der Waals surface area (Å²) in [4.78, 5) is 9.86. The van der Waals surface area contributed by atoms with E-state index in [1.54, 1.807) is 0 Å². The highest BCUT2D eigenvalue weighted by Gasteiger charge is 2.31. The third-order valence-corrected chi connectivity index (χ3v) is 2.94. The number of nitro groups is 1. The second kappa shape index (κ2) is 4.95. The molecule has 0 saturated heterocycles. The highest BCUT2D eigenvalue weighted by Crippen LogP contribution is 2.34. The van der Waals surface area contributed by atoms with Crippen molar-refractivity contribution in [3.8, 4) is 5.69 Å². The van der Waals surface area contributed by atoms with E-state index in [1.165, 1.54) is 0 Å². The van der Waals surface area contributed by atoms with E-state index < -0.39 is 22.4 Å². The lowest BCUT2D eigenvalue weighted by atomic mass is 10.2. The van der Waals surface area contributed by atoms with Crippen molar-refractivity contribution >= 4 is 28.9 Å². The van der Waals surface area contributed by atoms with E-state index >= 15 is 0 Å². The van der Waals surface area contributed by atoms with Crippen LogP contribution in [-0.4, -0.2) is 14.7 Å². The van der Waals surface area contributed by atoms with Gasteiger partial charge in [0.25, 0.3) is 0 Å². The Kier molecular flexibility index (Phi) is 3.61. The van der Waals surface area contributed by atoms with Gasteiger partial charge in [0.15, 0.2) is 0 Å². The summed E-state index contributed by atoms with van der Waals surface area (Å²) in [7, 11) is 0. The molecule has 0 unspecified atom stereocenters. The molecule has 0 saturated carbocycles. The molecule has 0 bridgehead atoms. The molecule has 0 aliphatic heterocycles. The Bertz CT molecular complexity index is 685. The first-order chi connectivity index (χ1) is 9.20. The maximum absolute atomic E-state index is 12.5. The SMILES string of the molecule is O=[N+]([O-])c1cn(-c2ccc(C(F)(F)F)cc2Cl)nc1Cl. The molecule has 0 radical (unpaired) electrons. The predicted octanol–water partition coefficient (Wildman–Crippen LogP) is 4.11. The lowest BCUT2D eigenvalue weighted by Crippen LogP contribution is -2.06. The molecule has 0 aliphatic rings. The Labute approximate surface area is 119 Å². The van der Waals surface area contributed by atoms with Crippen LogP contribution in [0, 0.1) is 10.1 Å². The van der Waals surface area contributed by atoms with Crippen LogP contribution in [0.2, 0.25) is 10.2 Å². The number of rotatable bonds is 2. The third-order valence-electron chi connectivity index (χ3n) is 2.37. The summed E-state index contributed by atoms with van der Waals surface area (Å²) in [5, 5.41) is 13.6. The van der Waals surface area contributed by atoms with Gasteiger partial charge in [0.2, 0.25) is 5.15 Å². The molecule has 0 atom stereocenters. The van der Waals surface area contributed by atoms with Gasteiger partial charge in [-0.2, -0.15) is 13.2 Å². The Balaban J connectivity index is 2.49. The minimum absolute atomic E-state index is 0.0506. The molecule has 1 aromatic heterocycles. The molecule has 5 nitrogen and oxygen atoms in total. The van der Waals surface area contributed by atoms with Crippen LogP contribution < -0.4 is 0 Å². The quantitative estimate of drug-likeness (QED) is 0.616. The lowest BCUT2D eigenvalue weighted by molar-refractivity contribution is -0.384. The molecule has 0 aliphatic carbocycles. The summed E-state index contributed by atoms with van der Waals surface area (Å²) in [5.74, 6) is 0. The highest BCUT2D eigenvalue weighted by molar-refractivity contribution is 6.32. The van der Waals surface area contributed by atoms with Crippen molar-refractivity contribution in [3.05, 3.63) is 50.2 Å². The van der Waals surface area contributed by atoms with E-state index in [0.717, 1.165) is 23.0 Å². The lowest BCUT2D eigenvalue weighted by Gasteiger charge is -2.09. The minimum atomic E-state index is -4.53. The van der Waals surface area contributed by atoms with Gasteiger partial charge >= 0.3 is 11.9 Å². The second-order valence-corrected chi connectivity index (χ2v) is 4.44. The average Bonchev–Trinajstić information content (AvgIpc) is 2.69. The molecule has 0 fully saturated rings. The predicted molar refractivity (Wildman–Crippen MR) is 65.2 cm³/mol. The molecule has 2 rings (SSSR count). The summed E-state index contributed by atoms with van der Waals surface area (Å²) in [6.45, 7) is 0. The molecule has 2 aromatic rings. The van der Waals surface area contributed by atoms with Crippen molar-refractivity contribution in [1.29, 1.82) is 0 Å². The number of benzene rings is 1. The Morgan fingerprint density at radius 1 is 1.30 bits per heavy atom. The normalized spacial score (nSPS) is 11.7. The molecule has 0 spiro atoms. The number of aromatic nitrogens is 2. The second-order valence-electron chi connectivity index (χ2n) is 3.67. The van der Waals surface area contributed by atoms with Crippen LogP contribution in [0.5, 0.6) is 0 Å². The van der Waals surface area contributed by atoms with Gasteiger partial charge in [-0.15, -0.1) is 5.10 Å². The average molecular weight is 326 g/mol. The van der Waals surface area contributed by atoms with Gasteiger partial charge < -0.3 is 0 Å². The highest BCUT2D eigenvalue weighted by atomic mass is 35.5. The van der Waals surface area contributed by atoms with Gasteiger partial charge in [-0.25, -0.2) is 4.68 Å². The van der Waals surface area contributed by atoms with Gasteiger partial charge in [0, 0.05) is 0 Å². The smallest absolute Gasteiger partial charge is 0.258 e. The molecule has 0 N–H and O–H groups in total. The molecule has 106 valence electrons. The monoisotopic (exact) mass is 325 g/mol. The van der Waals surface area contributed by atoms with Gasteiger partial charge in [-0.1, -0.05) is 23.2 Å². The fourth-order valence-corrected chi connectivity index (χ4v) is 1.93. The fourth-order valence-electron chi connectivity index (χ4n) is 1.46. The largest absolute Gasteiger partial charge is 0.416 e. The van der Waals surface area contributed by atoms with E-state index in [1.807, 2.05) is 0 Å². The van der Waals surface area contributed by atoms with Gasteiger partial charge in [0.1, 0.15) is 6.20 Å². The zero-order valence-electron chi connectivity index (χ0n) is 9.36. The van der Waals surface area contributed by atoms with Crippen LogP contribution in [0.25, 0.3) is 5.69 Å². The molecular weight excluding hydrogens is 322 g/mol. The zero-order valence-corrected chi connectivity index (χ0v) is 10.9. The number of hydrogen-bond donors (Lipinski definition) is 0. The van der Waals surface area contributed by atoms with E-state index in [9.17, 15) is 23.3 Å². The first-order valence-corrected chi connectivity index (χ1v) is 5.72. The van der Waals surface area contributed by atoms with Crippen molar-refractivity contribution < 1.29 is 18.1 Å². The summed E-state index contributed by atoms with van der Waals surface area (Å²) in [6.07, 6.45) is -3.56. The standard InChI is InChI=1S/C10H4Cl2F3N3O2/c11-6-3-5(10(13,14)15)1-2-7(6)17-4-8(18(19)20)9(12)16-17/h1-4H. The van der Waals surface area contributed by atoms with Crippen molar-refractivity contribution in [2.75, 3.05) is 0 Å². The Morgan fingerprint density at radius 2 is 1.95 bits per heavy atom. The van der Waals surface area contributed by atoms with Crippen molar-refractivity contribution in [3.63, 3.8) is 0 Å². The van der Waals surface area contributed by atoms with Gasteiger partial charge in [-0.05, 0) is 18.2 Å². The van der Waals surface area contributed by atoms with E-state index in [0.29, 0.717) is 6.07 Å². The van der Waals surface area contributed by atoms with Crippen molar-refractivity contribution in [2.24, 2.45) is 0 Å². The first-order valence-electron chi connectivity index (χ1n) is 4.97. The van der Waals surface area contributed by atoms with Crippen LogP contribution in [0.15, 0.2) is 24.4 Å². The molecular formula is C10H4Cl2F3N3O2. The molecule has 20 heavy (non-hydrogen) atoms. The Hall–Kier alpha value is -1.80. The van der Waals surface area contributed by atoms with E-state index in [-0.39, 0.29) is 15.9 Å². The number of nitrogens with zero attached hydrogens (tertiary/aromatic N) is 3. The van der Waals surface area contributed by atoms with Gasteiger partial charge in [0.05, 0.1) is 21.2 Å². The fraction of sp³-hybridized carbons (Fsp3) is 0.100. The molecule has 1 aromatic carbocycles. The van der Waals surface area contributed by atoms with Crippen LogP contribution in [0.1, 0.15) is 5.56 Å². The van der Waals surface area contributed by atoms with Crippen molar-refractivity contribution in [1.82, 2.24) is 9.78 Å². The van der Waals surface area contributed by atoms with Crippen LogP contribution in [0.4, 0.5) is 18.9 Å². The van der Waals surface area contributed by atoms with Crippen LogP contribution >= 0.6 is 23.2 Å². The first kappa shape index (κ1) is 14.6. The summed E-state index contributed by atoms with van der Waals surface area (Å²) in [5.41, 5.74) is -1.35. The minimum Gasteiger partial charge on any atom is -0.258 e. The maximum atomic E-state index is 12.5. The third kappa shape index (κ3) is 2.70. The summed E-state index contributed by atoms with van der Waals surface area (Å²) < 4.78 is 38.4.